The van der Waals surface area contributed by atoms with Crippen molar-refractivity contribution >= 4 is 32.6 Å². The highest BCUT2D eigenvalue weighted by molar-refractivity contribution is 7.22. The maximum Gasteiger partial charge on any atom is 0.257 e. The first-order valence-electron chi connectivity index (χ1n) is 9.27. The van der Waals surface area contributed by atoms with Gasteiger partial charge in [0.25, 0.3) is 5.91 Å². The van der Waals surface area contributed by atoms with Crippen molar-refractivity contribution in [3.05, 3.63) is 53.3 Å². The molecule has 1 saturated heterocycles. The zero-order valence-electron chi connectivity index (χ0n) is 15.9. The van der Waals surface area contributed by atoms with Gasteiger partial charge in [0.15, 0.2) is 5.13 Å². The number of carbonyl (C=O) groups is 1. The van der Waals surface area contributed by atoms with Crippen molar-refractivity contribution in [1.29, 1.82) is 0 Å². The lowest BCUT2D eigenvalue weighted by Gasteiger charge is -2.18. The molecule has 0 aliphatic carbocycles. The first kappa shape index (κ1) is 18.7. The highest BCUT2D eigenvalue weighted by Gasteiger charge is 2.28. The van der Waals surface area contributed by atoms with E-state index >= 15 is 0 Å². The average molecular weight is 399 g/mol. The summed E-state index contributed by atoms with van der Waals surface area (Å²) in [6.45, 7) is 4.13. The van der Waals surface area contributed by atoms with Gasteiger partial charge >= 0.3 is 0 Å². The van der Waals surface area contributed by atoms with Gasteiger partial charge in [0.1, 0.15) is 11.6 Å². The molecule has 1 unspecified atom stereocenters. The van der Waals surface area contributed by atoms with Crippen LogP contribution in [0.4, 0.5) is 9.52 Å². The number of fused-ring (bicyclic) bond motifs is 1. The third-order valence-corrected chi connectivity index (χ3v) is 6.03. The molecule has 5 nitrogen and oxygen atoms in total. The second kappa shape index (κ2) is 7.75. The number of aromatic nitrogens is 1. The minimum absolute atomic E-state index is 0.0125. The standard InChI is InChI=1S/C21H22FN3O2S/c1-13-3-6-18(27-2)16(9-13)20(26)25-8-7-14(12-25)11-23-21-24-17-5-4-15(22)10-19(17)28-21/h3-6,9-10,14H,7-8,11-12H2,1-2H3,(H,23,24). The minimum atomic E-state index is -0.251. The summed E-state index contributed by atoms with van der Waals surface area (Å²) in [6.07, 6.45) is 0.937. The summed E-state index contributed by atoms with van der Waals surface area (Å²) < 4.78 is 19.5. The number of anilines is 1. The van der Waals surface area contributed by atoms with Crippen molar-refractivity contribution < 1.29 is 13.9 Å². The van der Waals surface area contributed by atoms with E-state index in [4.69, 9.17) is 4.74 Å². The van der Waals surface area contributed by atoms with Gasteiger partial charge < -0.3 is 15.0 Å². The Labute approximate surface area is 167 Å². The van der Waals surface area contributed by atoms with Gasteiger partial charge in [0.2, 0.25) is 0 Å². The van der Waals surface area contributed by atoms with E-state index in [9.17, 15) is 9.18 Å². The number of aryl methyl sites for hydroxylation is 1. The van der Waals surface area contributed by atoms with Crippen molar-refractivity contribution in [2.75, 3.05) is 32.1 Å². The first-order valence-corrected chi connectivity index (χ1v) is 10.1. The lowest BCUT2D eigenvalue weighted by atomic mass is 10.1. The average Bonchev–Trinajstić information content (AvgIpc) is 3.32. The van der Waals surface area contributed by atoms with Crippen molar-refractivity contribution in [3.63, 3.8) is 0 Å². The molecular weight excluding hydrogens is 377 g/mol. The monoisotopic (exact) mass is 399 g/mol. The normalized spacial score (nSPS) is 16.5. The molecule has 1 aliphatic heterocycles. The van der Waals surface area contributed by atoms with Gasteiger partial charge in [-0.3, -0.25) is 4.79 Å². The lowest BCUT2D eigenvalue weighted by Crippen LogP contribution is -2.30. The van der Waals surface area contributed by atoms with Crippen LogP contribution in [0.15, 0.2) is 36.4 Å². The van der Waals surface area contributed by atoms with Crippen molar-refractivity contribution in [3.8, 4) is 5.75 Å². The quantitative estimate of drug-likeness (QED) is 0.694. The molecule has 0 saturated carbocycles. The summed E-state index contributed by atoms with van der Waals surface area (Å²) in [4.78, 5) is 19.3. The lowest BCUT2D eigenvalue weighted by molar-refractivity contribution is 0.0784. The molecule has 0 bridgehead atoms. The van der Waals surface area contributed by atoms with Crippen LogP contribution in [0, 0.1) is 18.7 Å². The van der Waals surface area contributed by atoms with Crippen molar-refractivity contribution in [2.24, 2.45) is 5.92 Å². The molecule has 146 valence electrons. The van der Waals surface area contributed by atoms with Crippen molar-refractivity contribution in [1.82, 2.24) is 9.88 Å². The second-order valence-corrected chi connectivity index (χ2v) is 8.15. The summed E-state index contributed by atoms with van der Waals surface area (Å²) >= 11 is 1.45. The van der Waals surface area contributed by atoms with Crippen LogP contribution in [-0.4, -0.2) is 42.5 Å². The highest BCUT2D eigenvalue weighted by Crippen LogP contribution is 2.28. The molecule has 3 aromatic rings. The molecule has 1 aromatic heterocycles. The minimum Gasteiger partial charge on any atom is -0.496 e. The molecule has 1 atom stereocenters. The zero-order chi connectivity index (χ0) is 19.7. The largest absolute Gasteiger partial charge is 0.496 e. The van der Waals surface area contributed by atoms with E-state index in [0.717, 1.165) is 40.4 Å². The van der Waals surface area contributed by atoms with E-state index < -0.39 is 0 Å². The molecule has 1 N–H and O–H groups in total. The zero-order valence-corrected chi connectivity index (χ0v) is 16.7. The fourth-order valence-electron chi connectivity index (χ4n) is 3.55. The van der Waals surface area contributed by atoms with E-state index in [0.29, 0.717) is 23.8 Å². The smallest absolute Gasteiger partial charge is 0.257 e. The van der Waals surface area contributed by atoms with E-state index in [2.05, 4.69) is 10.3 Å². The number of nitrogens with zero attached hydrogens (tertiary/aromatic N) is 2. The number of amides is 1. The summed E-state index contributed by atoms with van der Waals surface area (Å²) in [5.41, 5.74) is 2.45. The van der Waals surface area contributed by atoms with E-state index in [1.807, 2.05) is 30.0 Å². The molecule has 2 heterocycles. The molecular formula is C21H22FN3O2S. The Hall–Kier alpha value is -2.67. The van der Waals surface area contributed by atoms with Crippen LogP contribution in [0.1, 0.15) is 22.3 Å². The molecule has 0 radical (unpaired) electrons. The van der Waals surface area contributed by atoms with Crippen LogP contribution in [0.2, 0.25) is 0 Å². The first-order chi connectivity index (χ1) is 13.5. The number of thiazole rings is 1. The maximum absolute atomic E-state index is 13.3. The SMILES string of the molecule is COc1ccc(C)cc1C(=O)N1CCC(CNc2nc3ccc(F)cc3s2)C1. The topological polar surface area (TPSA) is 54.5 Å². The Bertz CT molecular complexity index is 1020. The summed E-state index contributed by atoms with van der Waals surface area (Å²) in [5.74, 6) is 0.722. The van der Waals surface area contributed by atoms with Crippen LogP contribution >= 0.6 is 11.3 Å². The molecule has 4 rings (SSSR count). The number of halogens is 1. The second-order valence-electron chi connectivity index (χ2n) is 7.12. The van der Waals surface area contributed by atoms with Gasteiger partial charge in [-0.25, -0.2) is 9.37 Å². The summed E-state index contributed by atoms with van der Waals surface area (Å²) in [5, 5.41) is 4.13. The fourth-order valence-corrected chi connectivity index (χ4v) is 4.45. The number of methoxy groups -OCH3 is 1. The maximum atomic E-state index is 13.3. The third kappa shape index (κ3) is 3.80. The molecule has 1 fully saturated rings. The number of hydrogen-bond donors (Lipinski definition) is 1. The predicted molar refractivity (Wildman–Crippen MR) is 110 cm³/mol. The number of likely N-dealkylation sites (tertiary alicyclic amines) is 1. The number of ether oxygens (including phenoxy) is 1. The van der Waals surface area contributed by atoms with Crippen LogP contribution in [0.3, 0.4) is 0 Å². The van der Waals surface area contributed by atoms with Crippen LogP contribution < -0.4 is 10.1 Å². The van der Waals surface area contributed by atoms with Crippen LogP contribution in [0.5, 0.6) is 5.75 Å². The molecule has 1 aliphatic rings. The van der Waals surface area contributed by atoms with E-state index in [-0.39, 0.29) is 11.7 Å². The van der Waals surface area contributed by atoms with Crippen LogP contribution in [0.25, 0.3) is 10.2 Å². The highest BCUT2D eigenvalue weighted by atomic mass is 32.1. The van der Waals surface area contributed by atoms with Gasteiger partial charge in [-0.15, -0.1) is 0 Å². The number of carbonyl (C=O) groups excluding carboxylic acids is 1. The Morgan fingerprint density at radius 2 is 2.21 bits per heavy atom. The molecule has 0 spiro atoms. The Morgan fingerprint density at radius 1 is 1.36 bits per heavy atom. The summed E-state index contributed by atoms with van der Waals surface area (Å²) in [7, 11) is 1.59. The fraction of sp³-hybridized carbons (Fsp3) is 0.333. The van der Waals surface area contributed by atoms with Crippen molar-refractivity contribution in [2.45, 2.75) is 13.3 Å². The summed E-state index contributed by atoms with van der Waals surface area (Å²) in [6, 6.07) is 10.3. The molecule has 2 aromatic carbocycles. The Kier molecular flexibility index (Phi) is 5.17. The van der Waals surface area contributed by atoms with Gasteiger partial charge in [0, 0.05) is 19.6 Å². The van der Waals surface area contributed by atoms with Crippen LogP contribution in [-0.2, 0) is 0 Å². The van der Waals surface area contributed by atoms with Gasteiger partial charge in [-0.05, 0) is 49.6 Å². The molecule has 1 amide bonds. The predicted octanol–water partition coefficient (Wildman–Crippen LogP) is 4.33. The number of benzene rings is 2. The van der Waals surface area contributed by atoms with Gasteiger partial charge in [0.05, 0.1) is 22.9 Å². The van der Waals surface area contributed by atoms with Gasteiger partial charge in [-0.1, -0.05) is 23.0 Å². The van der Waals surface area contributed by atoms with Gasteiger partial charge in [-0.2, -0.15) is 0 Å². The number of hydrogen-bond acceptors (Lipinski definition) is 5. The third-order valence-electron chi connectivity index (χ3n) is 5.05. The number of nitrogens with one attached hydrogen (secondary N) is 1. The molecule has 7 heteroatoms. The van der Waals surface area contributed by atoms with E-state index in [1.165, 1.54) is 23.5 Å². The Balaban J connectivity index is 1.38. The van der Waals surface area contributed by atoms with E-state index in [1.54, 1.807) is 13.2 Å². The molecule has 28 heavy (non-hydrogen) atoms. The number of rotatable bonds is 5. The Morgan fingerprint density at radius 3 is 3.04 bits per heavy atom.